The number of hydrogen-bond acceptors (Lipinski definition) is 5. The van der Waals surface area contributed by atoms with E-state index in [2.05, 4.69) is 10.3 Å². The first-order valence-electron chi connectivity index (χ1n) is 7.38. The van der Waals surface area contributed by atoms with Gasteiger partial charge in [-0.25, -0.2) is 13.6 Å². The molecule has 1 aliphatic carbocycles. The molecule has 1 aromatic heterocycles. The summed E-state index contributed by atoms with van der Waals surface area (Å²) in [6, 6.07) is 9.36. The van der Waals surface area contributed by atoms with Gasteiger partial charge in [-0.05, 0) is 49.2 Å². The van der Waals surface area contributed by atoms with Gasteiger partial charge in [0.05, 0.1) is 23.2 Å². The fraction of sp³-hybridized carbons (Fsp3) is 0.250. The van der Waals surface area contributed by atoms with Gasteiger partial charge in [0.25, 0.3) is 0 Å². The Balaban J connectivity index is 1.61. The third-order valence-corrected chi connectivity index (χ3v) is 4.65. The SMILES string of the molecule is NS(=O)(=O)c1ccc(OC2(CC(=O)Nc3cccnc3)CC2)cc1. The Labute approximate surface area is 139 Å². The Bertz CT molecular complexity index is 831. The van der Waals surface area contributed by atoms with Gasteiger partial charge >= 0.3 is 0 Å². The van der Waals surface area contributed by atoms with Gasteiger partial charge in [-0.3, -0.25) is 9.78 Å². The maximum absolute atomic E-state index is 12.1. The molecule has 1 aromatic carbocycles. The highest BCUT2D eigenvalue weighted by Gasteiger charge is 2.47. The molecule has 7 nitrogen and oxygen atoms in total. The number of nitrogens with two attached hydrogens (primary N) is 1. The quantitative estimate of drug-likeness (QED) is 0.825. The first-order chi connectivity index (χ1) is 11.4. The number of amides is 1. The summed E-state index contributed by atoms with van der Waals surface area (Å²) in [5.41, 5.74) is 0.103. The fourth-order valence-corrected chi connectivity index (χ4v) is 2.85. The number of hydrogen-bond donors (Lipinski definition) is 2. The van der Waals surface area contributed by atoms with Crippen molar-refractivity contribution in [1.82, 2.24) is 4.98 Å². The number of nitrogens with zero attached hydrogens (tertiary/aromatic N) is 1. The molecule has 1 fully saturated rings. The zero-order valence-corrected chi connectivity index (χ0v) is 13.6. The molecule has 126 valence electrons. The molecule has 0 saturated heterocycles. The molecule has 0 radical (unpaired) electrons. The van der Waals surface area contributed by atoms with Crippen LogP contribution in [0.3, 0.4) is 0 Å². The maximum atomic E-state index is 12.1. The lowest BCUT2D eigenvalue weighted by Crippen LogP contribution is -2.26. The molecule has 0 bridgehead atoms. The second-order valence-corrected chi connectivity index (χ2v) is 7.33. The van der Waals surface area contributed by atoms with Crippen molar-refractivity contribution in [2.75, 3.05) is 5.32 Å². The minimum Gasteiger partial charge on any atom is -0.487 e. The van der Waals surface area contributed by atoms with Crippen molar-refractivity contribution in [2.24, 2.45) is 5.14 Å². The van der Waals surface area contributed by atoms with E-state index in [1.165, 1.54) is 12.1 Å². The van der Waals surface area contributed by atoms with Crippen molar-refractivity contribution in [3.63, 3.8) is 0 Å². The van der Waals surface area contributed by atoms with Crippen LogP contribution in [-0.4, -0.2) is 24.9 Å². The molecule has 1 saturated carbocycles. The number of pyridine rings is 1. The lowest BCUT2D eigenvalue weighted by Gasteiger charge is -2.18. The predicted octanol–water partition coefficient (Wildman–Crippen LogP) is 1.67. The molecule has 0 spiro atoms. The molecule has 1 aliphatic rings. The van der Waals surface area contributed by atoms with Crippen molar-refractivity contribution in [3.05, 3.63) is 48.8 Å². The van der Waals surface area contributed by atoms with Crippen LogP contribution in [0.1, 0.15) is 19.3 Å². The largest absolute Gasteiger partial charge is 0.487 e. The summed E-state index contributed by atoms with van der Waals surface area (Å²) in [7, 11) is -3.73. The van der Waals surface area contributed by atoms with Crippen LogP contribution in [0.4, 0.5) is 5.69 Å². The summed E-state index contributed by atoms with van der Waals surface area (Å²) >= 11 is 0. The summed E-state index contributed by atoms with van der Waals surface area (Å²) in [6.45, 7) is 0. The van der Waals surface area contributed by atoms with Gasteiger partial charge in [-0.1, -0.05) is 0 Å². The van der Waals surface area contributed by atoms with Gasteiger partial charge in [0.1, 0.15) is 11.4 Å². The van der Waals surface area contributed by atoms with E-state index in [0.717, 1.165) is 12.8 Å². The fourth-order valence-electron chi connectivity index (χ4n) is 2.34. The van der Waals surface area contributed by atoms with Crippen LogP contribution in [0.25, 0.3) is 0 Å². The number of sulfonamides is 1. The number of benzene rings is 1. The third-order valence-electron chi connectivity index (χ3n) is 3.72. The second kappa shape index (κ2) is 6.21. The lowest BCUT2D eigenvalue weighted by atomic mass is 10.2. The van der Waals surface area contributed by atoms with Crippen LogP contribution >= 0.6 is 0 Å². The van der Waals surface area contributed by atoms with Gasteiger partial charge in [-0.15, -0.1) is 0 Å². The van der Waals surface area contributed by atoms with Gasteiger partial charge in [0.15, 0.2) is 0 Å². The van der Waals surface area contributed by atoms with E-state index in [9.17, 15) is 13.2 Å². The zero-order valence-electron chi connectivity index (χ0n) is 12.8. The number of nitrogens with one attached hydrogen (secondary N) is 1. The van der Waals surface area contributed by atoms with Crippen molar-refractivity contribution in [2.45, 2.75) is 29.8 Å². The van der Waals surface area contributed by atoms with E-state index in [4.69, 9.17) is 9.88 Å². The van der Waals surface area contributed by atoms with Crippen LogP contribution in [-0.2, 0) is 14.8 Å². The Hall–Kier alpha value is -2.45. The van der Waals surface area contributed by atoms with Crippen LogP contribution in [0.5, 0.6) is 5.75 Å². The lowest BCUT2D eigenvalue weighted by molar-refractivity contribution is -0.118. The van der Waals surface area contributed by atoms with Crippen LogP contribution < -0.4 is 15.2 Å². The van der Waals surface area contributed by atoms with Crippen LogP contribution in [0.2, 0.25) is 0 Å². The first-order valence-corrected chi connectivity index (χ1v) is 8.93. The molecule has 0 atom stereocenters. The van der Waals surface area contributed by atoms with Gasteiger partial charge < -0.3 is 10.1 Å². The van der Waals surface area contributed by atoms with Crippen molar-refractivity contribution in [1.29, 1.82) is 0 Å². The number of primary sulfonamides is 1. The van der Waals surface area contributed by atoms with Crippen molar-refractivity contribution in [3.8, 4) is 5.75 Å². The molecule has 3 N–H and O–H groups in total. The minimum absolute atomic E-state index is 0.0222. The number of carbonyl (C=O) groups excluding carboxylic acids is 1. The van der Waals surface area contributed by atoms with E-state index in [-0.39, 0.29) is 17.2 Å². The average molecular weight is 347 g/mol. The topological polar surface area (TPSA) is 111 Å². The van der Waals surface area contributed by atoms with Crippen LogP contribution in [0.15, 0.2) is 53.7 Å². The summed E-state index contributed by atoms with van der Waals surface area (Å²) in [4.78, 5) is 16.1. The molecule has 0 unspecified atom stereocenters. The number of anilines is 1. The number of ether oxygens (including phenoxy) is 1. The number of aromatic nitrogens is 1. The summed E-state index contributed by atoms with van der Waals surface area (Å²) in [5.74, 6) is 0.357. The molecular formula is C16H17N3O4S. The van der Waals surface area contributed by atoms with E-state index >= 15 is 0 Å². The smallest absolute Gasteiger partial charge is 0.238 e. The molecule has 24 heavy (non-hydrogen) atoms. The van der Waals surface area contributed by atoms with E-state index < -0.39 is 15.6 Å². The molecule has 1 amide bonds. The highest BCUT2D eigenvalue weighted by Crippen LogP contribution is 2.43. The highest BCUT2D eigenvalue weighted by molar-refractivity contribution is 7.89. The first kappa shape index (κ1) is 16.4. The zero-order chi connectivity index (χ0) is 17.2. The highest BCUT2D eigenvalue weighted by atomic mass is 32.2. The molecule has 1 heterocycles. The van der Waals surface area contributed by atoms with Gasteiger partial charge in [-0.2, -0.15) is 0 Å². The number of rotatable bonds is 6. The average Bonchev–Trinajstić information content (AvgIpc) is 3.26. The normalized spacial score (nSPS) is 15.5. The maximum Gasteiger partial charge on any atom is 0.238 e. The van der Waals surface area contributed by atoms with Gasteiger partial charge in [0.2, 0.25) is 15.9 Å². The summed E-state index contributed by atoms with van der Waals surface area (Å²) < 4.78 is 28.4. The Morgan fingerprint density at radius 3 is 2.50 bits per heavy atom. The second-order valence-electron chi connectivity index (χ2n) is 5.77. The van der Waals surface area contributed by atoms with E-state index in [0.29, 0.717) is 11.4 Å². The third kappa shape index (κ3) is 4.09. The van der Waals surface area contributed by atoms with Crippen molar-refractivity contribution < 1.29 is 17.9 Å². The molecule has 8 heteroatoms. The summed E-state index contributed by atoms with van der Waals surface area (Å²) in [6.07, 6.45) is 4.96. The Kier molecular flexibility index (Phi) is 4.25. The van der Waals surface area contributed by atoms with Crippen molar-refractivity contribution >= 4 is 21.6 Å². The van der Waals surface area contributed by atoms with Crippen LogP contribution in [0, 0.1) is 0 Å². The Morgan fingerprint density at radius 1 is 1.25 bits per heavy atom. The molecule has 2 aromatic rings. The predicted molar refractivity (Wildman–Crippen MR) is 87.9 cm³/mol. The van der Waals surface area contributed by atoms with E-state index in [1.807, 2.05) is 0 Å². The minimum atomic E-state index is -3.73. The Morgan fingerprint density at radius 2 is 1.96 bits per heavy atom. The molecule has 3 rings (SSSR count). The van der Waals surface area contributed by atoms with Gasteiger partial charge in [0, 0.05) is 6.20 Å². The van der Waals surface area contributed by atoms with E-state index in [1.54, 1.807) is 36.7 Å². The number of carbonyl (C=O) groups is 1. The monoisotopic (exact) mass is 347 g/mol. The standard InChI is InChI=1S/C16H17N3O4S/c17-24(21,22)14-5-3-13(4-6-14)23-16(7-8-16)10-15(20)19-12-2-1-9-18-11-12/h1-6,9,11H,7-8,10H2,(H,19,20)(H2,17,21,22). The summed E-state index contributed by atoms with van der Waals surface area (Å²) in [5, 5.41) is 7.83. The molecular weight excluding hydrogens is 330 g/mol. The molecule has 0 aliphatic heterocycles.